The Morgan fingerprint density at radius 3 is 2.53 bits per heavy atom. The van der Waals surface area contributed by atoms with E-state index in [0.29, 0.717) is 0 Å². The normalized spacial score (nSPS) is 25.5. The molecule has 0 amide bonds. The van der Waals surface area contributed by atoms with E-state index in [4.69, 9.17) is 0 Å². The second-order valence-corrected chi connectivity index (χ2v) is 6.60. The Kier molecular flexibility index (Phi) is 5.09. The number of hydrogen-bond acceptors (Lipinski definition) is 0. The van der Waals surface area contributed by atoms with E-state index in [1.807, 2.05) is 0 Å². The monoisotopic (exact) mass is 294 g/mol. The number of aryl methyl sites for hydroxylation is 1. The van der Waals surface area contributed by atoms with Crippen LogP contribution in [0, 0.1) is 0 Å². The summed E-state index contributed by atoms with van der Waals surface area (Å²) in [4.78, 5) is 0.727. The SMILES string of the molecule is CCCc1ccc(C2CCCCC(Br)C2)cc1. The van der Waals surface area contributed by atoms with E-state index in [1.54, 1.807) is 5.56 Å². The molecule has 1 saturated carbocycles. The molecule has 1 aromatic carbocycles. The molecular weight excluding hydrogens is 272 g/mol. The third kappa shape index (κ3) is 3.84. The topological polar surface area (TPSA) is 0 Å². The molecule has 94 valence electrons. The minimum absolute atomic E-state index is 0.727. The largest absolute Gasteiger partial charge is 0.0890 e. The lowest BCUT2D eigenvalue weighted by atomic mass is 9.91. The van der Waals surface area contributed by atoms with Gasteiger partial charge in [-0.1, -0.05) is 66.4 Å². The molecule has 0 nitrogen and oxygen atoms in total. The molecule has 1 heteroatoms. The lowest BCUT2D eigenvalue weighted by Crippen LogP contribution is -2.03. The highest BCUT2D eigenvalue weighted by molar-refractivity contribution is 9.09. The third-order valence-electron chi connectivity index (χ3n) is 3.85. The molecule has 17 heavy (non-hydrogen) atoms. The first kappa shape index (κ1) is 13.1. The molecule has 2 rings (SSSR count). The minimum atomic E-state index is 0.727. The summed E-state index contributed by atoms with van der Waals surface area (Å²) in [5, 5.41) is 0. The summed E-state index contributed by atoms with van der Waals surface area (Å²) < 4.78 is 0. The van der Waals surface area contributed by atoms with Crippen molar-refractivity contribution in [2.24, 2.45) is 0 Å². The first-order valence-electron chi connectivity index (χ1n) is 7.02. The Hall–Kier alpha value is -0.300. The van der Waals surface area contributed by atoms with E-state index < -0.39 is 0 Å². The van der Waals surface area contributed by atoms with E-state index in [-0.39, 0.29) is 0 Å². The van der Waals surface area contributed by atoms with Crippen LogP contribution in [0.15, 0.2) is 24.3 Å². The van der Waals surface area contributed by atoms with Crippen molar-refractivity contribution in [1.29, 1.82) is 0 Å². The fourth-order valence-electron chi connectivity index (χ4n) is 2.85. The predicted octanol–water partition coefficient (Wildman–Crippen LogP) is 5.45. The second-order valence-electron chi connectivity index (χ2n) is 5.31. The van der Waals surface area contributed by atoms with Gasteiger partial charge in [0.25, 0.3) is 0 Å². The zero-order valence-corrected chi connectivity index (χ0v) is 12.4. The highest BCUT2D eigenvalue weighted by Gasteiger charge is 2.19. The smallest absolute Gasteiger partial charge is 0.0151 e. The summed E-state index contributed by atoms with van der Waals surface area (Å²) in [6.45, 7) is 2.24. The van der Waals surface area contributed by atoms with Crippen molar-refractivity contribution in [2.75, 3.05) is 0 Å². The standard InChI is InChI=1S/C16H23Br/c1-2-5-13-8-10-14(11-9-13)15-6-3-4-7-16(17)12-15/h8-11,15-16H,2-7,12H2,1H3. The Morgan fingerprint density at radius 1 is 1.12 bits per heavy atom. The highest BCUT2D eigenvalue weighted by atomic mass is 79.9. The van der Waals surface area contributed by atoms with Crippen LogP contribution < -0.4 is 0 Å². The predicted molar refractivity (Wildman–Crippen MR) is 79.0 cm³/mol. The van der Waals surface area contributed by atoms with Gasteiger partial charge >= 0.3 is 0 Å². The van der Waals surface area contributed by atoms with Crippen molar-refractivity contribution in [3.8, 4) is 0 Å². The molecule has 0 heterocycles. The molecule has 0 aromatic heterocycles. The van der Waals surface area contributed by atoms with Gasteiger partial charge in [-0.15, -0.1) is 0 Å². The quantitative estimate of drug-likeness (QED) is 0.514. The van der Waals surface area contributed by atoms with Crippen LogP contribution in [0.5, 0.6) is 0 Å². The minimum Gasteiger partial charge on any atom is -0.0890 e. The Labute approximate surface area is 114 Å². The molecule has 0 saturated heterocycles. The molecule has 1 aliphatic rings. The lowest BCUT2D eigenvalue weighted by molar-refractivity contribution is 0.599. The van der Waals surface area contributed by atoms with Crippen molar-refractivity contribution in [1.82, 2.24) is 0 Å². The van der Waals surface area contributed by atoms with Crippen LogP contribution in [0.25, 0.3) is 0 Å². The molecule has 0 radical (unpaired) electrons. The average molecular weight is 295 g/mol. The van der Waals surface area contributed by atoms with Gasteiger partial charge in [0, 0.05) is 4.83 Å². The van der Waals surface area contributed by atoms with E-state index in [1.165, 1.54) is 50.5 Å². The number of halogens is 1. The van der Waals surface area contributed by atoms with Gasteiger partial charge < -0.3 is 0 Å². The Morgan fingerprint density at radius 2 is 1.82 bits per heavy atom. The van der Waals surface area contributed by atoms with Crippen molar-refractivity contribution < 1.29 is 0 Å². The Bertz CT molecular complexity index is 328. The Balaban J connectivity index is 2.04. The first-order valence-corrected chi connectivity index (χ1v) is 7.94. The van der Waals surface area contributed by atoms with Gasteiger partial charge in [-0.25, -0.2) is 0 Å². The molecule has 1 aromatic rings. The molecule has 0 bridgehead atoms. The second kappa shape index (κ2) is 6.58. The van der Waals surface area contributed by atoms with Crippen LogP contribution >= 0.6 is 15.9 Å². The molecule has 2 unspecified atom stereocenters. The van der Waals surface area contributed by atoms with E-state index in [2.05, 4.69) is 47.1 Å². The summed E-state index contributed by atoms with van der Waals surface area (Å²) in [5.74, 6) is 0.776. The first-order chi connectivity index (χ1) is 8.29. The summed E-state index contributed by atoms with van der Waals surface area (Å²) in [5.41, 5.74) is 3.04. The maximum Gasteiger partial charge on any atom is 0.0151 e. The maximum absolute atomic E-state index is 3.82. The fraction of sp³-hybridized carbons (Fsp3) is 0.625. The summed E-state index contributed by atoms with van der Waals surface area (Å²) in [6, 6.07) is 9.38. The van der Waals surface area contributed by atoms with Crippen molar-refractivity contribution in [3.05, 3.63) is 35.4 Å². The molecule has 2 atom stereocenters. The van der Waals surface area contributed by atoms with Crippen molar-refractivity contribution >= 4 is 15.9 Å². The molecule has 1 aliphatic carbocycles. The maximum atomic E-state index is 3.82. The fourth-order valence-corrected chi connectivity index (χ4v) is 3.62. The molecule has 0 spiro atoms. The van der Waals surface area contributed by atoms with E-state index >= 15 is 0 Å². The number of alkyl halides is 1. The van der Waals surface area contributed by atoms with Crippen LogP contribution in [0.3, 0.4) is 0 Å². The van der Waals surface area contributed by atoms with E-state index in [0.717, 1.165) is 10.7 Å². The van der Waals surface area contributed by atoms with Crippen LogP contribution in [-0.2, 0) is 6.42 Å². The molecule has 1 fully saturated rings. The van der Waals surface area contributed by atoms with Crippen molar-refractivity contribution in [2.45, 2.75) is 62.6 Å². The van der Waals surface area contributed by atoms with Gasteiger partial charge in [-0.2, -0.15) is 0 Å². The van der Waals surface area contributed by atoms with Gasteiger partial charge in [0.1, 0.15) is 0 Å². The van der Waals surface area contributed by atoms with E-state index in [9.17, 15) is 0 Å². The van der Waals surface area contributed by atoms with Gasteiger partial charge in [-0.3, -0.25) is 0 Å². The van der Waals surface area contributed by atoms with Gasteiger partial charge in [0.15, 0.2) is 0 Å². The van der Waals surface area contributed by atoms with Crippen LogP contribution in [-0.4, -0.2) is 4.83 Å². The highest BCUT2D eigenvalue weighted by Crippen LogP contribution is 2.34. The number of benzene rings is 1. The number of hydrogen-bond donors (Lipinski definition) is 0. The zero-order valence-electron chi connectivity index (χ0n) is 10.8. The van der Waals surface area contributed by atoms with Crippen LogP contribution in [0.2, 0.25) is 0 Å². The average Bonchev–Trinajstić information content (AvgIpc) is 2.55. The number of rotatable bonds is 3. The molecular formula is C16H23Br. The lowest BCUT2D eigenvalue weighted by Gasteiger charge is -2.17. The van der Waals surface area contributed by atoms with Crippen LogP contribution in [0.1, 0.15) is 62.5 Å². The van der Waals surface area contributed by atoms with Gasteiger partial charge in [-0.05, 0) is 42.7 Å². The summed E-state index contributed by atoms with van der Waals surface area (Å²) in [7, 11) is 0. The van der Waals surface area contributed by atoms with Gasteiger partial charge in [0.2, 0.25) is 0 Å². The zero-order chi connectivity index (χ0) is 12.1. The van der Waals surface area contributed by atoms with Gasteiger partial charge in [0.05, 0.1) is 0 Å². The molecule has 0 N–H and O–H groups in total. The summed E-state index contributed by atoms with van der Waals surface area (Å²) >= 11 is 3.82. The van der Waals surface area contributed by atoms with Crippen LogP contribution in [0.4, 0.5) is 0 Å². The summed E-state index contributed by atoms with van der Waals surface area (Å²) in [6.07, 6.45) is 9.27. The third-order valence-corrected chi connectivity index (χ3v) is 4.68. The van der Waals surface area contributed by atoms with Crippen molar-refractivity contribution in [3.63, 3.8) is 0 Å². The molecule has 0 aliphatic heterocycles.